The van der Waals surface area contributed by atoms with Crippen LogP contribution in [0.15, 0.2) is 24.3 Å². The lowest BCUT2D eigenvalue weighted by Gasteiger charge is -2.24. The molecule has 0 radical (unpaired) electrons. The second-order valence-corrected chi connectivity index (χ2v) is 5.65. The lowest BCUT2D eigenvalue weighted by atomic mass is 10.1. The molecule has 1 aromatic carbocycles. The average molecular weight is 265 g/mol. The molecule has 0 fully saturated rings. The Morgan fingerprint density at radius 1 is 1.50 bits per heavy atom. The van der Waals surface area contributed by atoms with Crippen molar-refractivity contribution in [3.63, 3.8) is 0 Å². The molecule has 3 nitrogen and oxygen atoms in total. The molecule has 1 unspecified atom stereocenters. The smallest absolute Gasteiger partial charge is 0.122 e. The predicted octanol–water partition coefficient (Wildman–Crippen LogP) is 2.54. The topological polar surface area (TPSA) is 53.1 Å². The fourth-order valence-corrected chi connectivity index (χ4v) is 2.37. The number of thioether (sulfide) groups is 1. The number of nitrogen functional groups attached to an aromatic ring is 1. The van der Waals surface area contributed by atoms with E-state index in [-0.39, 0.29) is 5.84 Å². The Kier molecular flexibility index (Phi) is 6.22. The molecule has 0 heterocycles. The molecule has 0 spiro atoms. The first-order valence-corrected chi connectivity index (χ1v) is 7.56. The minimum Gasteiger partial charge on any atom is -0.384 e. The van der Waals surface area contributed by atoms with Gasteiger partial charge in [-0.3, -0.25) is 10.3 Å². The highest BCUT2D eigenvalue weighted by molar-refractivity contribution is 7.98. The average Bonchev–Trinajstić information content (AvgIpc) is 2.36. The number of nitrogens with two attached hydrogens (primary N) is 1. The normalized spacial score (nSPS) is 12.7. The van der Waals surface area contributed by atoms with Gasteiger partial charge in [0, 0.05) is 18.2 Å². The van der Waals surface area contributed by atoms with E-state index in [2.05, 4.69) is 31.2 Å². The van der Waals surface area contributed by atoms with Crippen LogP contribution < -0.4 is 5.73 Å². The number of hydrogen-bond donors (Lipinski definition) is 2. The lowest BCUT2D eigenvalue weighted by Crippen LogP contribution is -2.29. The van der Waals surface area contributed by atoms with Crippen LogP contribution in [0, 0.1) is 5.41 Å². The molecule has 0 saturated carbocycles. The molecule has 0 aliphatic rings. The maximum absolute atomic E-state index is 7.45. The fraction of sp³-hybridized carbons (Fsp3) is 0.500. The minimum atomic E-state index is 0.134. The van der Waals surface area contributed by atoms with Gasteiger partial charge in [-0.2, -0.15) is 11.8 Å². The third kappa shape index (κ3) is 4.70. The molecular weight excluding hydrogens is 242 g/mol. The van der Waals surface area contributed by atoms with Crippen LogP contribution in [0.4, 0.5) is 0 Å². The van der Waals surface area contributed by atoms with E-state index in [1.165, 1.54) is 17.7 Å². The molecule has 0 amide bonds. The zero-order valence-corrected chi connectivity index (χ0v) is 12.3. The molecule has 0 saturated heterocycles. The summed E-state index contributed by atoms with van der Waals surface area (Å²) in [6.45, 7) is 3.15. The van der Waals surface area contributed by atoms with Gasteiger partial charge in [0.25, 0.3) is 0 Å². The molecule has 0 aromatic heterocycles. The summed E-state index contributed by atoms with van der Waals surface area (Å²) >= 11 is 1.89. The van der Waals surface area contributed by atoms with Gasteiger partial charge in [-0.05, 0) is 44.0 Å². The van der Waals surface area contributed by atoms with Crippen LogP contribution in [0.2, 0.25) is 0 Å². The van der Waals surface area contributed by atoms with Gasteiger partial charge in [0.05, 0.1) is 0 Å². The summed E-state index contributed by atoms with van der Waals surface area (Å²) in [5.74, 6) is 1.33. The summed E-state index contributed by atoms with van der Waals surface area (Å²) in [4.78, 5) is 2.34. The maximum atomic E-state index is 7.45. The van der Waals surface area contributed by atoms with Crippen molar-refractivity contribution in [3.05, 3.63) is 35.4 Å². The van der Waals surface area contributed by atoms with Gasteiger partial charge in [0.2, 0.25) is 0 Å². The van der Waals surface area contributed by atoms with Crippen molar-refractivity contribution in [1.82, 2.24) is 4.90 Å². The quantitative estimate of drug-likeness (QED) is 0.588. The third-order valence-electron chi connectivity index (χ3n) is 3.16. The number of benzene rings is 1. The lowest BCUT2D eigenvalue weighted by molar-refractivity contribution is 0.245. The van der Waals surface area contributed by atoms with Gasteiger partial charge in [-0.1, -0.05) is 18.2 Å². The number of rotatable bonds is 7. The van der Waals surface area contributed by atoms with E-state index in [4.69, 9.17) is 11.1 Å². The Morgan fingerprint density at radius 3 is 2.83 bits per heavy atom. The Bertz CT molecular complexity index is 392. The predicted molar refractivity (Wildman–Crippen MR) is 81.4 cm³/mol. The van der Waals surface area contributed by atoms with Crippen molar-refractivity contribution < 1.29 is 0 Å². The molecule has 1 atom stereocenters. The number of nitrogens with one attached hydrogen (secondary N) is 1. The monoisotopic (exact) mass is 265 g/mol. The van der Waals surface area contributed by atoms with Crippen molar-refractivity contribution in [2.45, 2.75) is 25.9 Å². The maximum Gasteiger partial charge on any atom is 0.122 e. The second kappa shape index (κ2) is 7.44. The minimum absolute atomic E-state index is 0.134. The van der Waals surface area contributed by atoms with Crippen LogP contribution in [0.1, 0.15) is 24.5 Å². The van der Waals surface area contributed by atoms with Crippen LogP contribution >= 0.6 is 11.8 Å². The zero-order chi connectivity index (χ0) is 13.5. The number of amidine groups is 1. The first-order chi connectivity index (χ1) is 8.54. The van der Waals surface area contributed by atoms with E-state index < -0.39 is 0 Å². The molecule has 1 aromatic rings. The summed E-state index contributed by atoms with van der Waals surface area (Å²) < 4.78 is 0. The van der Waals surface area contributed by atoms with Gasteiger partial charge in [0.1, 0.15) is 5.84 Å². The molecule has 3 N–H and O–H groups in total. The van der Waals surface area contributed by atoms with Crippen molar-refractivity contribution in [1.29, 1.82) is 5.41 Å². The highest BCUT2D eigenvalue weighted by atomic mass is 32.2. The highest BCUT2D eigenvalue weighted by Gasteiger charge is 2.09. The van der Waals surface area contributed by atoms with Gasteiger partial charge in [-0.15, -0.1) is 0 Å². The Balaban J connectivity index is 2.60. The van der Waals surface area contributed by atoms with E-state index in [0.717, 1.165) is 12.1 Å². The van der Waals surface area contributed by atoms with Crippen molar-refractivity contribution in [2.75, 3.05) is 19.1 Å². The summed E-state index contributed by atoms with van der Waals surface area (Å²) in [7, 11) is 2.14. The number of nitrogens with zero attached hydrogens (tertiary/aromatic N) is 1. The van der Waals surface area contributed by atoms with Gasteiger partial charge in [-0.25, -0.2) is 0 Å². The zero-order valence-electron chi connectivity index (χ0n) is 11.4. The van der Waals surface area contributed by atoms with E-state index in [1.54, 1.807) is 0 Å². The van der Waals surface area contributed by atoms with E-state index >= 15 is 0 Å². The molecular formula is C14H23N3S. The van der Waals surface area contributed by atoms with Crippen LogP contribution in [0.5, 0.6) is 0 Å². The Hall–Kier alpha value is -1.00. The molecule has 0 aliphatic carbocycles. The summed E-state index contributed by atoms with van der Waals surface area (Å²) in [6, 6.07) is 8.50. The van der Waals surface area contributed by atoms with Crippen LogP contribution in [0.25, 0.3) is 0 Å². The Morgan fingerprint density at radius 2 is 2.22 bits per heavy atom. The number of hydrogen-bond acceptors (Lipinski definition) is 3. The van der Waals surface area contributed by atoms with Gasteiger partial charge >= 0.3 is 0 Å². The molecule has 100 valence electrons. The van der Waals surface area contributed by atoms with E-state index in [1.807, 2.05) is 30.0 Å². The third-order valence-corrected chi connectivity index (χ3v) is 3.81. The SMILES string of the molecule is CSCCC(C)N(C)Cc1cccc(C(=N)N)c1. The van der Waals surface area contributed by atoms with Crippen molar-refractivity contribution in [2.24, 2.45) is 5.73 Å². The van der Waals surface area contributed by atoms with Crippen molar-refractivity contribution >= 4 is 17.6 Å². The fourth-order valence-electron chi connectivity index (χ4n) is 1.79. The van der Waals surface area contributed by atoms with Gasteiger partial charge < -0.3 is 5.73 Å². The van der Waals surface area contributed by atoms with E-state index in [0.29, 0.717) is 6.04 Å². The summed E-state index contributed by atoms with van der Waals surface area (Å²) in [5.41, 5.74) is 7.52. The summed E-state index contributed by atoms with van der Waals surface area (Å²) in [5, 5.41) is 7.45. The van der Waals surface area contributed by atoms with Crippen LogP contribution in [-0.4, -0.2) is 35.8 Å². The van der Waals surface area contributed by atoms with Crippen molar-refractivity contribution in [3.8, 4) is 0 Å². The largest absolute Gasteiger partial charge is 0.384 e. The Labute approximate surface area is 114 Å². The molecule has 4 heteroatoms. The molecule has 0 aliphatic heterocycles. The molecule has 18 heavy (non-hydrogen) atoms. The molecule has 1 rings (SSSR count). The first-order valence-electron chi connectivity index (χ1n) is 6.17. The van der Waals surface area contributed by atoms with Crippen LogP contribution in [-0.2, 0) is 6.54 Å². The van der Waals surface area contributed by atoms with E-state index in [9.17, 15) is 0 Å². The van der Waals surface area contributed by atoms with Crippen LogP contribution in [0.3, 0.4) is 0 Å². The first kappa shape index (κ1) is 15.1. The molecule has 0 bridgehead atoms. The highest BCUT2D eigenvalue weighted by Crippen LogP contribution is 2.12. The summed E-state index contributed by atoms with van der Waals surface area (Å²) in [6.07, 6.45) is 3.34. The standard InChI is InChI=1S/C14H23N3S/c1-11(7-8-18-3)17(2)10-12-5-4-6-13(9-12)14(15)16/h4-6,9,11H,7-8,10H2,1-3H3,(H3,15,16). The second-order valence-electron chi connectivity index (χ2n) is 4.66. The van der Waals surface area contributed by atoms with Gasteiger partial charge in [0.15, 0.2) is 0 Å².